The van der Waals surface area contributed by atoms with Crippen LogP contribution in [0.15, 0.2) is 53.4 Å². The predicted molar refractivity (Wildman–Crippen MR) is 108 cm³/mol. The molecule has 0 saturated heterocycles. The van der Waals surface area contributed by atoms with Crippen LogP contribution in [0.25, 0.3) is 0 Å². The minimum Gasteiger partial charge on any atom is -0.352 e. The van der Waals surface area contributed by atoms with Gasteiger partial charge < -0.3 is 16.0 Å². The Labute approximate surface area is 170 Å². The number of hydrogen-bond donors (Lipinski definition) is 3. The van der Waals surface area contributed by atoms with Gasteiger partial charge in [-0.15, -0.1) is 0 Å². The molecule has 1 aliphatic heterocycles. The SMILES string of the molecule is C[C@@H](NS(=O)(=O)c1ccc2c(c1)CCN(C(=O)CNC(N)=O)C2)c1ccccc1. The van der Waals surface area contributed by atoms with Gasteiger partial charge in [-0.2, -0.15) is 0 Å². The van der Waals surface area contributed by atoms with Crippen LogP contribution >= 0.6 is 0 Å². The van der Waals surface area contributed by atoms with E-state index in [0.29, 0.717) is 19.5 Å². The van der Waals surface area contributed by atoms with Crippen LogP contribution in [0.3, 0.4) is 0 Å². The molecule has 3 rings (SSSR count). The number of amides is 3. The fourth-order valence-electron chi connectivity index (χ4n) is 3.29. The van der Waals surface area contributed by atoms with Crippen LogP contribution < -0.4 is 15.8 Å². The number of hydrogen-bond acceptors (Lipinski definition) is 4. The molecule has 1 atom stereocenters. The molecule has 0 radical (unpaired) electrons. The van der Waals surface area contributed by atoms with Gasteiger partial charge in [0.15, 0.2) is 0 Å². The second-order valence-electron chi connectivity index (χ2n) is 6.97. The molecule has 1 aliphatic rings. The minimum atomic E-state index is -3.68. The third kappa shape index (κ3) is 5.12. The first kappa shape index (κ1) is 20.8. The molecule has 0 spiro atoms. The van der Waals surface area contributed by atoms with Crippen LogP contribution in [0.1, 0.15) is 29.7 Å². The van der Waals surface area contributed by atoms with Crippen LogP contribution in [-0.4, -0.2) is 38.3 Å². The molecule has 2 aromatic carbocycles. The summed E-state index contributed by atoms with van der Waals surface area (Å²) in [6.45, 7) is 2.46. The Kier molecular flexibility index (Phi) is 6.19. The summed E-state index contributed by atoms with van der Waals surface area (Å²) in [5.74, 6) is -0.232. The Bertz CT molecular complexity index is 1010. The summed E-state index contributed by atoms with van der Waals surface area (Å²) in [7, 11) is -3.68. The molecular weight excluding hydrogens is 392 g/mol. The number of urea groups is 1. The Morgan fingerprint density at radius 2 is 1.86 bits per heavy atom. The minimum absolute atomic E-state index is 0.154. The molecule has 4 N–H and O–H groups in total. The summed E-state index contributed by atoms with van der Waals surface area (Å²) < 4.78 is 28.3. The molecule has 154 valence electrons. The number of primary amides is 1. The van der Waals surface area contributed by atoms with Crippen LogP contribution in [0.4, 0.5) is 4.79 Å². The zero-order valence-electron chi connectivity index (χ0n) is 16.1. The maximum Gasteiger partial charge on any atom is 0.312 e. The second kappa shape index (κ2) is 8.62. The highest BCUT2D eigenvalue weighted by molar-refractivity contribution is 7.89. The lowest BCUT2D eigenvalue weighted by molar-refractivity contribution is -0.130. The van der Waals surface area contributed by atoms with Crippen molar-refractivity contribution in [2.45, 2.75) is 30.8 Å². The smallest absolute Gasteiger partial charge is 0.312 e. The van der Waals surface area contributed by atoms with Gasteiger partial charge in [0.2, 0.25) is 15.9 Å². The quantitative estimate of drug-likeness (QED) is 0.657. The summed E-state index contributed by atoms with van der Waals surface area (Å²) in [5.41, 5.74) is 7.66. The lowest BCUT2D eigenvalue weighted by atomic mass is 10.00. The van der Waals surface area contributed by atoms with E-state index in [-0.39, 0.29) is 23.4 Å². The van der Waals surface area contributed by atoms with E-state index >= 15 is 0 Å². The molecule has 0 fully saturated rings. The molecule has 3 amide bonds. The van der Waals surface area contributed by atoms with Gasteiger partial charge in [0.05, 0.1) is 11.4 Å². The number of carbonyl (C=O) groups excluding carboxylic acids is 2. The van der Waals surface area contributed by atoms with Gasteiger partial charge in [-0.1, -0.05) is 36.4 Å². The van der Waals surface area contributed by atoms with Crippen molar-refractivity contribution in [3.8, 4) is 0 Å². The largest absolute Gasteiger partial charge is 0.352 e. The van der Waals surface area contributed by atoms with Gasteiger partial charge >= 0.3 is 6.03 Å². The number of rotatable bonds is 6. The molecular formula is C20H24N4O4S. The molecule has 0 aromatic heterocycles. The molecule has 8 nitrogen and oxygen atoms in total. The van der Waals surface area contributed by atoms with Gasteiger partial charge in [0.1, 0.15) is 0 Å². The molecule has 9 heteroatoms. The monoisotopic (exact) mass is 416 g/mol. The van der Waals surface area contributed by atoms with E-state index < -0.39 is 16.1 Å². The number of benzene rings is 2. The highest BCUT2D eigenvalue weighted by Crippen LogP contribution is 2.24. The first-order valence-corrected chi connectivity index (χ1v) is 10.7. The van der Waals surface area contributed by atoms with Crippen molar-refractivity contribution in [3.05, 3.63) is 65.2 Å². The van der Waals surface area contributed by atoms with Gasteiger partial charge in [0.25, 0.3) is 0 Å². The zero-order chi connectivity index (χ0) is 21.0. The van der Waals surface area contributed by atoms with E-state index in [9.17, 15) is 18.0 Å². The molecule has 0 saturated carbocycles. The lowest BCUT2D eigenvalue weighted by Crippen LogP contribution is -2.43. The third-order valence-electron chi connectivity index (χ3n) is 4.90. The van der Waals surface area contributed by atoms with Crippen molar-refractivity contribution in [1.82, 2.24) is 14.9 Å². The Morgan fingerprint density at radius 1 is 1.14 bits per heavy atom. The first-order valence-electron chi connectivity index (χ1n) is 9.26. The number of sulfonamides is 1. The third-order valence-corrected chi connectivity index (χ3v) is 6.44. The van der Waals surface area contributed by atoms with Gasteiger partial charge in [-0.25, -0.2) is 17.9 Å². The highest BCUT2D eigenvalue weighted by Gasteiger charge is 2.24. The van der Waals surface area contributed by atoms with Crippen LogP contribution in [0.2, 0.25) is 0 Å². The van der Waals surface area contributed by atoms with Crippen LogP contribution in [-0.2, 0) is 27.8 Å². The van der Waals surface area contributed by atoms with E-state index in [1.807, 2.05) is 30.3 Å². The van der Waals surface area contributed by atoms with Crippen LogP contribution in [0, 0.1) is 0 Å². The van der Waals surface area contributed by atoms with Crippen molar-refractivity contribution < 1.29 is 18.0 Å². The summed E-state index contributed by atoms with van der Waals surface area (Å²) in [6, 6.07) is 13.2. The number of fused-ring (bicyclic) bond motifs is 1. The van der Waals surface area contributed by atoms with E-state index in [0.717, 1.165) is 16.7 Å². The molecule has 2 aromatic rings. The zero-order valence-corrected chi connectivity index (χ0v) is 16.9. The predicted octanol–water partition coefficient (Wildman–Crippen LogP) is 1.28. The van der Waals surface area contributed by atoms with Gasteiger partial charge in [-0.3, -0.25) is 4.79 Å². The molecule has 0 aliphatic carbocycles. The van der Waals surface area contributed by atoms with E-state index in [2.05, 4.69) is 10.0 Å². The maximum absolute atomic E-state index is 12.8. The topological polar surface area (TPSA) is 122 Å². The Balaban J connectivity index is 1.71. The maximum atomic E-state index is 12.8. The average Bonchev–Trinajstić information content (AvgIpc) is 2.71. The fourth-order valence-corrected chi connectivity index (χ4v) is 4.58. The highest BCUT2D eigenvalue weighted by atomic mass is 32.2. The summed E-state index contributed by atoms with van der Waals surface area (Å²) in [5, 5.41) is 2.29. The summed E-state index contributed by atoms with van der Waals surface area (Å²) in [6.07, 6.45) is 0.537. The van der Waals surface area contributed by atoms with Crippen molar-refractivity contribution in [3.63, 3.8) is 0 Å². The normalized spacial score (nSPS) is 14.7. The molecule has 1 heterocycles. The van der Waals surface area contributed by atoms with Crippen LogP contribution in [0.5, 0.6) is 0 Å². The van der Waals surface area contributed by atoms with E-state index in [1.165, 1.54) is 0 Å². The molecule has 0 unspecified atom stereocenters. The Morgan fingerprint density at radius 3 is 2.55 bits per heavy atom. The van der Waals surface area contributed by atoms with E-state index in [4.69, 9.17) is 5.73 Å². The molecule has 29 heavy (non-hydrogen) atoms. The second-order valence-corrected chi connectivity index (χ2v) is 8.68. The van der Waals surface area contributed by atoms with E-state index in [1.54, 1.807) is 30.0 Å². The lowest BCUT2D eigenvalue weighted by Gasteiger charge is -2.29. The van der Waals surface area contributed by atoms with Crippen molar-refractivity contribution in [1.29, 1.82) is 0 Å². The van der Waals surface area contributed by atoms with Gasteiger partial charge in [-0.05, 0) is 42.2 Å². The molecule has 0 bridgehead atoms. The van der Waals surface area contributed by atoms with Crippen molar-refractivity contribution in [2.75, 3.05) is 13.1 Å². The summed E-state index contributed by atoms with van der Waals surface area (Å²) >= 11 is 0. The number of carbonyl (C=O) groups is 2. The van der Waals surface area contributed by atoms with Gasteiger partial charge in [0, 0.05) is 19.1 Å². The Hall–Kier alpha value is -2.91. The van der Waals surface area contributed by atoms with Crippen molar-refractivity contribution >= 4 is 22.0 Å². The number of nitrogens with two attached hydrogens (primary N) is 1. The summed E-state index contributed by atoms with van der Waals surface area (Å²) in [4.78, 5) is 24.7. The number of nitrogens with zero attached hydrogens (tertiary/aromatic N) is 1. The fraction of sp³-hybridized carbons (Fsp3) is 0.300. The van der Waals surface area contributed by atoms with Crippen molar-refractivity contribution in [2.24, 2.45) is 5.73 Å². The standard InChI is InChI=1S/C20H24N4O4S/c1-14(15-5-3-2-4-6-15)23-29(27,28)18-8-7-17-13-24(10-9-16(17)11-18)19(25)12-22-20(21)26/h2-8,11,14,23H,9-10,12-13H2,1H3,(H3,21,22,26)/t14-/m1/s1. The number of nitrogens with one attached hydrogen (secondary N) is 2. The first-order chi connectivity index (χ1) is 13.8. The average molecular weight is 417 g/mol.